The first-order valence-electron chi connectivity index (χ1n) is 6.55. The van der Waals surface area contributed by atoms with E-state index in [1.54, 1.807) is 4.90 Å². The Balaban J connectivity index is 0.00000220. The molecule has 0 radical (unpaired) electrons. The molecule has 1 fully saturated rings. The number of nitrogens with one attached hydrogen (secondary N) is 1. The fraction of sp³-hybridized carbons (Fsp3) is 0.500. The van der Waals surface area contributed by atoms with E-state index in [9.17, 15) is 18.0 Å². The van der Waals surface area contributed by atoms with E-state index in [1.165, 1.54) is 12.1 Å². The highest BCUT2D eigenvalue weighted by molar-refractivity contribution is 5.94. The van der Waals surface area contributed by atoms with E-state index in [-0.39, 0.29) is 24.4 Å². The summed E-state index contributed by atoms with van der Waals surface area (Å²) in [4.78, 5) is 13.9. The van der Waals surface area contributed by atoms with Gasteiger partial charge in [-0.3, -0.25) is 4.79 Å². The molecule has 1 aromatic carbocycles. The number of likely N-dealkylation sites (N-methyl/N-ethyl adjacent to an activating group) is 1. The molecule has 7 heteroatoms. The summed E-state index contributed by atoms with van der Waals surface area (Å²) in [5, 5.41) is 3.13. The van der Waals surface area contributed by atoms with Crippen molar-refractivity contribution in [1.29, 1.82) is 0 Å². The van der Waals surface area contributed by atoms with Crippen molar-refractivity contribution in [3.05, 3.63) is 35.4 Å². The molecule has 0 bridgehead atoms. The normalized spacial score (nSPS) is 19.0. The van der Waals surface area contributed by atoms with Crippen LogP contribution in [0.2, 0.25) is 0 Å². The summed E-state index contributed by atoms with van der Waals surface area (Å²) in [6.07, 6.45) is -2.46. The van der Waals surface area contributed by atoms with Crippen LogP contribution in [0.5, 0.6) is 0 Å². The van der Waals surface area contributed by atoms with Crippen molar-refractivity contribution in [3.8, 4) is 0 Å². The van der Waals surface area contributed by atoms with Crippen LogP contribution in [0.15, 0.2) is 24.3 Å². The second-order valence-electron chi connectivity index (χ2n) is 4.95. The number of carbonyl (C=O) groups excluding carboxylic acids is 1. The Morgan fingerprint density at radius 2 is 1.90 bits per heavy atom. The Morgan fingerprint density at radius 1 is 1.29 bits per heavy atom. The zero-order valence-corrected chi connectivity index (χ0v) is 12.4. The van der Waals surface area contributed by atoms with Crippen LogP contribution >= 0.6 is 12.4 Å². The molecule has 2 rings (SSSR count). The third kappa shape index (κ3) is 4.35. The van der Waals surface area contributed by atoms with Crippen LogP contribution in [-0.2, 0) is 6.18 Å². The van der Waals surface area contributed by atoms with Crippen LogP contribution < -0.4 is 5.32 Å². The quantitative estimate of drug-likeness (QED) is 0.908. The molecule has 0 spiro atoms. The number of hydrogen-bond donors (Lipinski definition) is 1. The fourth-order valence-corrected chi connectivity index (χ4v) is 2.38. The lowest BCUT2D eigenvalue weighted by atomic mass is 10.0. The highest BCUT2D eigenvalue weighted by atomic mass is 35.5. The topological polar surface area (TPSA) is 32.3 Å². The molecule has 1 aliphatic rings. The maximum Gasteiger partial charge on any atom is 0.416 e. The minimum atomic E-state index is -4.37. The van der Waals surface area contributed by atoms with E-state index in [4.69, 9.17) is 0 Å². The van der Waals surface area contributed by atoms with Gasteiger partial charge in [-0.05, 0) is 44.2 Å². The molecule has 1 saturated heterocycles. The van der Waals surface area contributed by atoms with E-state index >= 15 is 0 Å². The van der Waals surface area contributed by atoms with Gasteiger partial charge in [0.2, 0.25) is 0 Å². The molecule has 1 heterocycles. The molecule has 1 unspecified atom stereocenters. The van der Waals surface area contributed by atoms with E-state index in [0.29, 0.717) is 18.7 Å². The van der Waals surface area contributed by atoms with Gasteiger partial charge in [0.05, 0.1) is 5.56 Å². The number of hydrogen-bond acceptors (Lipinski definition) is 2. The first kappa shape index (κ1) is 17.8. The molecule has 3 nitrogen and oxygen atoms in total. The summed E-state index contributed by atoms with van der Waals surface area (Å²) in [6.45, 7) is 1.24. The lowest BCUT2D eigenvalue weighted by Crippen LogP contribution is -2.46. The van der Waals surface area contributed by atoms with Gasteiger partial charge in [0.15, 0.2) is 0 Å². The molecular formula is C14H18ClF3N2O. The second-order valence-corrected chi connectivity index (χ2v) is 4.95. The molecule has 1 aromatic rings. The predicted octanol–water partition coefficient (Wildman–Crippen LogP) is 2.95. The number of alkyl halides is 3. The van der Waals surface area contributed by atoms with Gasteiger partial charge >= 0.3 is 6.18 Å². The molecule has 0 aromatic heterocycles. The number of carbonyl (C=O) groups is 1. The summed E-state index contributed by atoms with van der Waals surface area (Å²) in [5.74, 6) is -0.210. The van der Waals surface area contributed by atoms with Crippen LogP contribution in [0, 0.1) is 0 Å². The summed E-state index contributed by atoms with van der Waals surface area (Å²) in [7, 11) is 1.84. The summed E-state index contributed by atoms with van der Waals surface area (Å²) >= 11 is 0. The lowest BCUT2D eigenvalue weighted by molar-refractivity contribution is -0.137. The van der Waals surface area contributed by atoms with E-state index in [2.05, 4.69) is 5.32 Å². The van der Waals surface area contributed by atoms with Crippen LogP contribution in [0.3, 0.4) is 0 Å². The highest BCUT2D eigenvalue weighted by Crippen LogP contribution is 2.29. The standard InChI is InChI=1S/C14H17F3N2O.ClH/c1-18-12-3-2-8-19(9-12)13(20)10-4-6-11(7-5-10)14(15,16)17;/h4-7,12,18H,2-3,8-9H2,1H3;1H. The molecule has 1 aliphatic heterocycles. The molecular weight excluding hydrogens is 305 g/mol. The van der Waals surface area contributed by atoms with Crippen molar-refractivity contribution in [3.63, 3.8) is 0 Å². The Hall–Kier alpha value is -1.27. The van der Waals surface area contributed by atoms with Crippen molar-refractivity contribution >= 4 is 18.3 Å². The minimum Gasteiger partial charge on any atom is -0.337 e. The van der Waals surface area contributed by atoms with Gasteiger partial charge in [-0.1, -0.05) is 0 Å². The average molecular weight is 323 g/mol. The molecule has 21 heavy (non-hydrogen) atoms. The first-order chi connectivity index (χ1) is 9.41. The van der Waals surface area contributed by atoms with Crippen molar-refractivity contribution in [2.45, 2.75) is 25.1 Å². The number of amides is 1. The van der Waals surface area contributed by atoms with E-state index < -0.39 is 11.7 Å². The van der Waals surface area contributed by atoms with Gasteiger partial charge in [0, 0.05) is 24.7 Å². The van der Waals surface area contributed by atoms with Crippen LogP contribution in [0.4, 0.5) is 13.2 Å². The van der Waals surface area contributed by atoms with Crippen LogP contribution in [-0.4, -0.2) is 37.0 Å². The Labute approximate surface area is 127 Å². The smallest absolute Gasteiger partial charge is 0.337 e. The summed E-state index contributed by atoms with van der Waals surface area (Å²) in [5.41, 5.74) is -0.435. The van der Waals surface area contributed by atoms with Gasteiger partial charge in [0.1, 0.15) is 0 Å². The monoisotopic (exact) mass is 322 g/mol. The van der Waals surface area contributed by atoms with Gasteiger partial charge in [-0.2, -0.15) is 13.2 Å². The minimum absolute atomic E-state index is 0. The first-order valence-corrected chi connectivity index (χ1v) is 6.55. The van der Waals surface area contributed by atoms with Crippen molar-refractivity contribution in [2.75, 3.05) is 20.1 Å². The number of nitrogens with zero attached hydrogens (tertiary/aromatic N) is 1. The maximum absolute atomic E-state index is 12.5. The second kappa shape index (κ2) is 7.13. The number of piperidine rings is 1. The molecule has 0 aliphatic carbocycles. The van der Waals surface area contributed by atoms with Crippen LogP contribution in [0.1, 0.15) is 28.8 Å². The highest BCUT2D eigenvalue weighted by Gasteiger charge is 2.30. The number of likely N-dealkylation sites (tertiary alicyclic amines) is 1. The molecule has 1 amide bonds. The average Bonchev–Trinajstić information content (AvgIpc) is 2.46. The van der Waals surface area contributed by atoms with Crippen LogP contribution in [0.25, 0.3) is 0 Å². The van der Waals surface area contributed by atoms with E-state index in [1.807, 2.05) is 7.05 Å². The third-order valence-corrected chi connectivity index (χ3v) is 3.58. The zero-order chi connectivity index (χ0) is 14.8. The van der Waals surface area contributed by atoms with Crippen molar-refractivity contribution < 1.29 is 18.0 Å². The van der Waals surface area contributed by atoms with Gasteiger partial charge in [0.25, 0.3) is 5.91 Å². The Kier molecular flexibility index (Phi) is 6.04. The fourth-order valence-electron chi connectivity index (χ4n) is 2.38. The Bertz CT molecular complexity index is 476. The third-order valence-electron chi connectivity index (χ3n) is 3.58. The maximum atomic E-state index is 12.5. The molecule has 118 valence electrons. The predicted molar refractivity (Wildman–Crippen MR) is 76.7 cm³/mol. The molecule has 1 atom stereocenters. The molecule has 1 N–H and O–H groups in total. The SMILES string of the molecule is CNC1CCCN(C(=O)c2ccc(C(F)(F)F)cc2)C1.Cl. The zero-order valence-electron chi connectivity index (χ0n) is 11.6. The van der Waals surface area contributed by atoms with Crippen molar-refractivity contribution in [2.24, 2.45) is 0 Å². The number of benzene rings is 1. The van der Waals surface area contributed by atoms with E-state index in [0.717, 1.165) is 25.0 Å². The lowest BCUT2D eigenvalue weighted by Gasteiger charge is -2.32. The number of rotatable bonds is 2. The summed E-state index contributed by atoms with van der Waals surface area (Å²) < 4.78 is 37.4. The van der Waals surface area contributed by atoms with Crippen molar-refractivity contribution in [1.82, 2.24) is 10.2 Å². The van der Waals surface area contributed by atoms with Gasteiger partial charge < -0.3 is 10.2 Å². The van der Waals surface area contributed by atoms with Gasteiger partial charge in [-0.25, -0.2) is 0 Å². The van der Waals surface area contributed by atoms with Gasteiger partial charge in [-0.15, -0.1) is 12.4 Å². The largest absolute Gasteiger partial charge is 0.416 e. The molecule has 0 saturated carbocycles. The summed E-state index contributed by atoms with van der Waals surface area (Å²) in [6, 6.07) is 4.64. The Morgan fingerprint density at radius 3 is 2.43 bits per heavy atom. The number of halogens is 4.